The monoisotopic (exact) mass is 206 g/mol. The van der Waals surface area contributed by atoms with Gasteiger partial charge < -0.3 is 10.2 Å². The molecule has 0 spiro atoms. The molecular formula is C9H10N4O2. The molecule has 1 aliphatic heterocycles. The lowest BCUT2D eigenvalue weighted by Crippen LogP contribution is -2.24. The lowest BCUT2D eigenvalue weighted by molar-refractivity contribution is -0.115. The number of fused-ring (bicyclic) bond motifs is 1. The summed E-state index contributed by atoms with van der Waals surface area (Å²) >= 11 is 0. The second kappa shape index (κ2) is 3.30. The third kappa shape index (κ3) is 1.54. The van der Waals surface area contributed by atoms with Crippen molar-refractivity contribution in [3.05, 3.63) is 17.6 Å². The summed E-state index contributed by atoms with van der Waals surface area (Å²) in [6, 6.07) is 0. The number of nitrogens with zero attached hydrogens (tertiary/aromatic N) is 3. The van der Waals surface area contributed by atoms with E-state index in [1.807, 2.05) is 0 Å². The van der Waals surface area contributed by atoms with Crippen molar-refractivity contribution in [1.29, 1.82) is 0 Å². The van der Waals surface area contributed by atoms with Crippen molar-refractivity contribution in [2.75, 3.05) is 19.4 Å². The van der Waals surface area contributed by atoms with Crippen LogP contribution in [0.3, 0.4) is 0 Å². The lowest BCUT2D eigenvalue weighted by atomic mass is 10.1. The SMILES string of the molecule is CN(C)C(=O)c1ncnc2c1CC(=O)N2. The van der Waals surface area contributed by atoms with E-state index in [-0.39, 0.29) is 18.2 Å². The zero-order valence-corrected chi connectivity index (χ0v) is 8.44. The van der Waals surface area contributed by atoms with Crippen molar-refractivity contribution < 1.29 is 9.59 Å². The van der Waals surface area contributed by atoms with Gasteiger partial charge in [-0.3, -0.25) is 9.59 Å². The Bertz CT molecular complexity index is 442. The molecule has 0 fully saturated rings. The van der Waals surface area contributed by atoms with Gasteiger partial charge in [0.25, 0.3) is 5.91 Å². The Hall–Kier alpha value is -1.98. The number of rotatable bonds is 1. The third-order valence-electron chi connectivity index (χ3n) is 2.15. The van der Waals surface area contributed by atoms with E-state index < -0.39 is 0 Å². The smallest absolute Gasteiger partial charge is 0.272 e. The molecule has 78 valence electrons. The molecule has 0 saturated carbocycles. The van der Waals surface area contributed by atoms with Crippen molar-refractivity contribution in [2.24, 2.45) is 0 Å². The molecular weight excluding hydrogens is 196 g/mol. The Morgan fingerprint density at radius 3 is 2.87 bits per heavy atom. The number of amides is 2. The molecule has 15 heavy (non-hydrogen) atoms. The Balaban J connectivity index is 2.47. The number of carbonyl (C=O) groups excluding carboxylic acids is 2. The van der Waals surface area contributed by atoms with Gasteiger partial charge in [0.05, 0.1) is 6.42 Å². The molecule has 1 N–H and O–H groups in total. The predicted octanol–water partition coefficient (Wildman–Crippen LogP) is -0.327. The Labute approximate surface area is 86.3 Å². The molecule has 0 atom stereocenters. The summed E-state index contributed by atoms with van der Waals surface area (Å²) in [7, 11) is 3.28. The quantitative estimate of drug-likeness (QED) is 0.682. The average molecular weight is 206 g/mol. The fourth-order valence-electron chi connectivity index (χ4n) is 1.42. The van der Waals surface area contributed by atoms with E-state index in [0.29, 0.717) is 17.1 Å². The van der Waals surface area contributed by atoms with E-state index in [1.165, 1.54) is 11.2 Å². The van der Waals surface area contributed by atoms with Crippen molar-refractivity contribution in [3.63, 3.8) is 0 Å². The third-order valence-corrected chi connectivity index (χ3v) is 2.15. The number of nitrogens with one attached hydrogen (secondary N) is 1. The standard InChI is InChI=1S/C9H10N4O2/c1-13(2)9(15)7-5-3-6(14)12-8(5)11-4-10-7/h4H,3H2,1-2H3,(H,10,11,12,14). The van der Waals surface area contributed by atoms with Crippen molar-refractivity contribution in [1.82, 2.24) is 14.9 Å². The van der Waals surface area contributed by atoms with Crippen LogP contribution < -0.4 is 5.32 Å². The second-order valence-electron chi connectivity index (χ2n) is 3.47. The Morgan fingerprint density at radius 1 is 1.47 bits per heavy atom. The largest absolute Gasteiger partial charge is 0.343 e. The maximum Gasteiger partial charge on any atom is 0.272 e. The van der Waals surface area contributed by atoms with E-state index in [1.54, 1.807) is 14.1 Å². The van der Waals surface area contributed by atoms with E-state index in [4.69, 9.17) is 0 Å². The van der Waals surface area contributed by atoms with Crippen LogP contribution >= 0.6 is 0 Å². The summed E-state index contributed by atoms with van der Waals surface area (Å²) in [6.45, 7) is 0. The first kappa shape index (κ1) is 9.57. The first-order valence-corrected chi connectivity index (χ1v) is 4.45. The molecule has 0 radical (unpaired) electrons. The summed E-state index contributed by atoms with van der Waals surface area (Å²) < 4.78 is 0. The van der Waals surface area contributed by atoms with Crippen LogP contribution in [-0.4, -0.2) is 40.8 Å². The average Bonchev–Trinajstić information content (AvgIpc) is 2.56. The van der Waals surface area contributed by atoms with Crippen LogP contribution in [0.15, 0.2) is 6.33 Å². The van der Waals surface area contributed by atoms with Crippen molar-refractivity contribution >= 4 is 17.6 Å². The topological polar surface area (TPSA) is 75.2 Å². The van der Waals surface area contributed by atoms with Gasteiger partial charge in [0.2, 0.25) is 5.91 Å². The van der Waals surface area contributed by atoms with E-state index in [9.17, 15) is 9.59 Å². The molecule has 2 rings (SSSR count). The molecule has 6 nitrogen and oxygen atoms in total. The van der Waals surface area contributed by atoms with Gasteiger partial charge in [0.15, 0.2) is 0 Å². The molecule has 0 aliphatic carbocycles. The van der Waals surface area contributed by atoms with Gasteiger partial charge >= 0.3 is 0 Å². The second-order valence-corrected chi connectivity index (χ2v) is 3.47. The number of aromatic nitrogens is 2. The minimum atomic E-state index is -0.217. The van der Waals surface area contributed by atoms with Crippen LogP contribution in [0.1, 0.15) is 16.1 Å². The van der Waals surface area contributed by atoms with E-state index >= 15 is 0 Å². The maximum atomic E-state index is 11.7. The van der Waals surface area contributed by atoms with Crippen molar-refractivity contribution in [2.45, 2.75) is 6.42 Å². The van der Waals surface area contributed by atoms with Gasteiger partial charge in [-0.05, 0) is 0 Å². The fourth-order valence-corrected chi connectivity index (χ4v) is 1.42. The van der Waals surface area contributed by atoms with Gasteiger partial charge in [0, 0.05) is 19.7 Å². The molecule has 2 heterocycles. The molecule has 2 amide bonds. The van der Waals surface area contributed by atoms with E-state index in [2.05, 4.69) is 15.3 Å². The molecule has 6 heteroatoms. The Morgan fingerprint density at radius 2 is 2.20 bits per heavy atom. The molecule has 0 saturated heterocycles. The summed E-state index contributed by atoms with van der Waals surface area (Å²) in [5.41, 5.74) is 0.879. The molecule has 1 aliphatic rings. The number of carbonyl (C=O) groups is 2. The lowest BCUT2D eigenvalue weighted by Gasteiger charge is -2.10. The zero-order valence-electron chi connectivity index (χ0n) is 8.44. The first-order valence-electron chi connectivity index (χ1n) is 4.45. The minimum Gasteiger partial charge on any atom is -0.343 e. The molecule has 1 aromatic rings. The first-order chi connectivity index (χ1) is 7.09. The minimum absolute atomic E-state index is 0.154. The van der Waals surface area contributed by atoms with Gasteiger partial charge in [-0.15, -0.1) is 0 Å². The molecule has 1 aromatic heterocycles. The van der Waals surface area contributed by atoms with E-state index in [0.717, 1.165) is 0 Å². The highest BCUT2D eigenvalue weighted by molar-refractivity contribution is 6.03. The highest BCUT2D eigenvalue weighted by Crippen LogP contribution is 2.22. The van der Waals surface area contributed by atoms with Gasteiger partial charge in [-0.2, -0.15) is 0 Å². The van der Waals surface area contributed by atoms with Gasteiger partial charge in [-0.25, -0.2) is 9.97 Å². The number of hydrogen-bond donors (Lipinski definition) is 1. The molecule has 0 bridgehead atoms. The summed E-state index contributed by atoms with van der Waals surface area (Å²) in [6.07, 6.45) is 1.45. The predicted molar refractivity (Wildman–Crippen MR) is 52.4 cm³/mol. The van der Waals surface area contributed by atoms with Crippen LogP contribution in [0.2, 0.25) is 0 Å². The number of hydrogen-bond acceptors (Lipinski definition) is 4. The van der Waals surface area contributed by atoms with Gasteiger partial charge in [0.1, 0.15) is 17.8 Å². The normalized spacial score (nSPS) is 13.3. The highest BCUT2D eigenvalue weighted by atomic mass is 16.2. The summed E-state index contributed by atoms with van der Waals surface area (Å²) in [4.78, 5) is 32.1. The zero-order chi connectivity index (χ0) is 11.0. The maximum absolute atomic E-state index is 11.7. The van der Waals surface area contributed by atoms with Crippen LogP contribution in [0.5, 0.6) is 0 Å². The summed E-state index contributed by atoms with van der Waals surface area (Å²) in [5.74, 6) is 0.0728. The number of anilines is 1. The Kier molecular flexibility index (Phi) is 2.11. The molecule has 0 unspecified atom stereocenters. The van der Waals surface area contributed by atoms with Crippen LogP contribution in [0, 0.1) is 0 Å². The summed E-state index contributed by atoms with van der Waals surface area (Å²) in [5, 5.41) is 2.57. The van der Waals surface area contributed by atoms with Crippen molar-refractivity contribution in [3.8, 4) is 0 Å². The van der Waals surface area contributed by atoms with Crippen LogP contribution in [0.25, 0.3) is 0 Å². The fraction of sp³-hybridized carbons (Fsp3) is 0.333. The highest BCUT2D eigenvalue weighted by Gasteiger charge is 2.26. The molecule has 0 aromatic carbocycles. The van der Waals surface area contributed by atoms with Crippen LogP contribution in [-0.2, 0) is 11.2 Å². The van der Waals surface area contributed by atoms with Gasteiger partial charge in [-0.1, -0.05) is 0 Å². The van der Waals surface area contributed by atoms with Crippen LogP contribution in [0.4, 0.5) is 5.82 Å².